The highest BCUT2D eigenvalue weighted by Gasteiger charge is 2.26. The molecule has 2 heterocycles. The summed E-state index contributed by atoms with van der Waals surface area (Å²) in [5, 5.41) is 3.48. The Hall–Kier alpha value is -2.71. The van der Waals surface area contributed by atoms with Crippen molar-refractivity contribution in [2.24, 2.45) is 0 Å². The number of hydrogen-bond acceptors (Lipinski definition) is 6. The maximum atomic E-state index is 13.2. The molecule has 1 aliphatic rings. The van der Waals surface area contributed by atoms with E-state index in [9.17, 15) is 14.4 Å². The van der Waals surface area contributed by atoms with Crippen LogP contribution in [0.4, 0.5) is 5.69 Å². The molecule has 0 aliphatic heterocycles. The van der Waals surface area contributed by atoms with Crippen LogP contribution in [0.5, 0.6) is 0 Å². The van der Waals surface area contributed by atoms with Crippen molar-refractivity contribution in [1.82, 2.24) is 9.55 Å². The molecular weight excluding hydrogens is 450 g/mol. The third kappa shape index (κ3) is 4.42. The number of rotatable bonds is 5. The zero-order valence-electron chi connectivity index (χ0n) is 17.9. The maximum absolute atomic E-state index is 13.2. The van der Waals surface area contributed by atoms with Crippen molar-refractivity contribution in [3.8, 4) is 0 Å². The second kappa shape index (κ2) is 9.42. The number of carbonyl (C=O) groups excluding carboxylic acids is 2. The molecule has 4 rings (SSSR count). The molecule has 2 aromatic heterocycles. The van der Waals surface area contributed by atoms with Gasteiger partial charge in [0.2, 0.25) is 5.91 Å². The van der Waals surface area contributed by atoms with E-state index in [-0.39, 0.29) is 11.7 Å². The molecule has 168 valence electrons. The highest BCUT2D eigenvalue weighted by atomic mass is 35.5. The normalized spacial score (nSPS) is 15.5. The van der Waals surface area contributed by atoms with Crippen molar-refractivity contribution in [3.63, 3.8) is 0 Å². The molecular formula is C23H24ClN3O4S. The number of carbonyl (C=O) groups is 2. The number of ether oxygens (including phenoxy) is 1. The molecule has 1 aliphatic carbocycles. The fourth-order valence-electron chi connectivity index (χ4n) is 3.92. The first-order chi connectivity index (χ1) is 15.4. The topological polar surface area (TPSA) is 90.3 Å². The Morgan fingerprint density at radius 3 is 2.69 bits per heavy atom. The number of esters is 1. The highest BCUT2D eigenvalue weighted by Crippen LogP contribution is 2.30. The zero-order valence-corrected chi connectivity index (χ0v) is 19.5. The minimum absolute atomic E-state index is 0.0704. The van der Waals surface area contributed by atoms with Gasteiger partial charge in [-0.2, -0.15) is 0 Å². The summed E-state index contributed by atoms with van der Waals surface area (Å²) in [5.74, 6) is -0.806. The number of hydrogen-bond donors (Lipinski definition) is 1. The van der Waals surface area contributed by atoms with E-state index in [1.807, 2.05) is 0 Å². The number of benzene rings is 1. The van der Waals surface area contributed by atoms with E-state index in [4.69, 9.17) is 16.3 Å². The minimum Gasteiger partial charge on any atom is -0.458 e. The molecule has 32 heavy (non-hydrogen) atoms. The SMILES string of the molecule is Cc1c(C(=O)OC2CCCCC2)sc2ncn(C(C)C(=O)Nc3ccccc3Cl)c(=O)c12. The summed E-state index contributed by atoms with van der Waals surface area (Å²) < 4.78 is 6.95. The van der Waals surface area contributed by atoms with E-state index in [1.54, 1.807) is 38.1 Å². The Balaban J connectivity index is 1.60. The second-order valence-electron chi connectivity index (χ2n) is 8.00. The Bertz CT molecular complexity index is 1230. The van der Waals surface area contributed by atoms with E-state index in [0.717, 1.165) is 37.0 Å². The molecule has 1 fully saturated rings. The monoisotopic (exact) mass is 473 g/mol. The van der Waals surface area contributed by atoms with Crippen LogP contribution in [0.25, 0.3) is 10.2 Å². The number of anilines is 1. The maximum Gasteiger partial charge on any atom is 0.348 e. The van der Waals surface area contributed by atoms with Gasteiger partial charge in [0.1, 0.15) is 21.9 Å². The van der Waals surface area contributed by atoms with Crippen molar-refractivity contribution in [2.45, 2.75) is 58.1 Å². The third-order valence-corrected chi connectivity index (χ3v) is 7.33. The molecule has 0 bridgehead atoms. The van der Waals surface area contributed by atoms with Crippen LogP contribution in [-0.4, -0.2) is 27.5 Å². The number of nitrogens with zero attached hydrogens (tertiary/aromatic N) is 2. The van der Waals surface area contributed by atoms with Crippen LogP contribution >= 0.6 is 22.9 Å². The van der Waals surface area contributed by atoms with Gasteiger partial charge in [-0.3, -0.25) is 14.2 Å². The van der Waals surface area contributed by atoms with Gasteiger partial charge in [0, 0.05) is 0 Å². The predicted octanol–water partition coefficient (Wildman–Crippen LogP) is 5.11. The molecule has 0 spiro atoms. The molecule has 1 atom stereocenters. The molecule has 1 N–H and O–H groups in total. The molecule has 9 heteroatoms. The number of halogens is 1. The van der Waals surface area contributed by atoms with Crippen LogP contribution in [0, 0.1) is 6.92 Å². The lowest BCUT2D eigenvalue weighted by molar-refractivity contribution is -0.118. The van der Waals surface area contributed by atoms with Gasteiger partial charge in [-0.05, 0) is 57.2 Å². The fraction of sp³-hybridized carbons (Fsp3) is 0.391. The average molecular weight is 474 g/mol. The molecule has 1 saturated carbocycles. The van der Waals surface area contributed by atoms with E-state index in [2.05, 4.69) is 10.3 Å². The Morgan fingerprint density at radius 2 is 1.97 bits per heavy atom. The fourth-order valence-corrected chi connectivity index (χ4v) is 5.13. The molecule has 1 unspecified atom stereocenters. The predicted molar refractivity (Wildman–Crippen MR) is 126 cm³/mol. The van der Waals surface area contributed by atoms with Crippen LogP contribution in [0.2, 0.25) is 5.02 Å². The van der Waals surface area contributed by atoms with E-state index >= 15 is 0 Å². The standard InChI is InChI=1S/C23H24ClN3O4S/c1-13-18-21(32-19(13)23(30)31-15-8-4-3-5-9-15)25-12-27(22(18)29)14(2)20(28)26-17-11-7-6-10-16(17)24/h6-7,10-12,14-15H,3-5,8-9H2,1-2H3,(H,26,28). The molecule has 0 saturated heterocycles. The number of fused-ring (bicyclic) bond motifs is 1. The van der Waals surface area contributed by atoms with Gasteiger partial charge < -0.3 is 10.1 Å². The summed E-state index contributed by atoms with van der Waals surface area (Å²) in [6, 6.07) is 6.05. The third-order valence-electron chi connectivity index (χ3n) is 5.82. The number of nitrogens with one attached hydrogen (secondary N) is 1. The lowest BCUT2D eigenvalue weighted by Crippen LogP contribution is -2.31. The zero-order chi connectivity index (χ0) is 22.8. The summed E-state index contributed by atoms with van der Waals surface area (Å²) in [6.07, 6.45) is 6.31. The van der Waals surface area contributed by atoms with Gasteiger partial charge in [-0.25, -0.2) is 9.78 Å². The van der Waals surface area contributed by atoms with Crippen molar-refractivity contribution in [1.29, 1.82) is 0 Å². The molecule has 1 amide bonds. The van der Waals surface area contributed by atoms with Crippen LogP contribution in [0.15, 0.2) is 35.4 Å². The molecule has 1 aromatic carbocycles. The van der Waals surface area contributed by atoms with Crippen LogP contribution in [0.1, 0.15) is 60.3 Å². The molecule has 3 aromatic rings. The number of thiophene rings is 1. The van der Waals surface area contributed by atoms with Gasteiger partial charge >= 0.3 is 5.97 Å². The van der Waals surface area contributed by atoms with E-state index in [1.165, 1.54) is 17.3 Å². The van der Waals surface area contributed by atoms with Crippen molar-refractivity contribution in [3.05, 3.63) is 56.4 Å². The summed E-state index contributed by atoms with van der Waals surface area (Å²) in [4.78, 5) is 43.9. The number of aromatic nitrogens is 2. The second-order valence-corrected chi connectivity index (χ2v) is 9.41. The van der Waals surface area contributed by atoms with Crippen molar-refractivity contribution < 1.29 is 14.3 Å². The lowest BCUT2D eigenvalue weighted by Gasteiger charge is -2.21. The van der Waals surface area contributed by atoms with Gasteiger partial charge in [0.05, 0.1) is 22.4 Å². The van der Waals surface area contributed by atoms with Crippen molar-refractivity contribution >= 4 is 50.7 Å². The van der Waals surface area contributed by atoms with Crippen LogP contribution in [-0.2, 0) is 9.53 Å². The van der Waals surface area contributed by atoms with Gasteiger partial charge in [0.25, 0.3) is 5.56 Å². The Morgan fingerprint density at radius 1 is 1.25 bits per heavy atom. The summed E-state index contributed by atoms with van der Waals surface area (Å²) >= 11 is 7.26. The smallest absolute Gasteiger partial charge is 0.348 e. The Labute approximate surface area is 194 Å². The quantitative estimate of drug-likeness (QED) is 0.520. The number of para-hydroxylation sites is 1. The molecule has 0 radical (unpaired) electrons. The Kier molecular flexibility index (Phi) is 6.62. The number of amides is 1. The summed E-state index contributed by atoms with van der Waals surface area (Å²) in [6.45, 7) is 3.33. The number of aryl methyl sites for hydroxylation is 1. The van der Waals surface area contributed by atoms with Gasteiger partial charge in [-0.1, -0.05) is 30.2 Å². The highest BCUT2D eigenvalue weighted by molar-refractivity contribution is 7.20. The summed E-state index contributed by atoms with van der Waals surface area (Å²) in [5.41, 5.74) is 0.631. The first-order valence-corrected chi connectivity index (χ1v) is 11.8. The average Bonchev–Trinajstić information content (AvgIpc) is 3.13. The van der Waals surface area contributed by atoms with Gasteiger partial charge in [-0.15, -0.1) is 11.3 Å². The first-order valence-electron chi connectivity index (χ1n) is 10.6. The first kappa shape index (κ1) is 22.5. The van der Waals surface area contributed by atoms with Crippen LogP contribution in [0.3, 0.4) is 0 Å². The van der Waals surface area contributed by atoms with Crippen molar-refractivity contribution in [2.75, 3.05) is 5.32 Å². The minimum atomic E-state index is -0.826. The van der Waals surface area contributed by atoms with Gasteiger partial charge in [0.15, 0.2) is 0 Å². The van der Waals surface area contributed by atoms with E-state index < -0.39 is 17.9 Å². The largest absolute Gasteiger partial charge is 0.458 e. The summed E-state index contributed by atoms with van der Waals surface area (Å²) in [7, 11) is 0. The molecule has 7 nitrogen and oxygen atoms in total. The van der Waals surface area contributed by atoms with Crippen LogP contribution < -0.4 is 10.9 Å². The van der Waals surface area contributed by atoms with E-state index in [0.29, 0.717) is 31.4 Å². The lowest BCUT2D eigenvalue weighted by atomic mass is 9.98.